The molecule has 0 aliphatic carbocycles. The number of rotatable bonds is 6. The molecule has 1 unspecified atom stereocenters. The number of nitrogens with one attached hydrogen (secondary N) is 1. The number of hydrogen-bond acceptors (Lipinski definition) is 6. The van der Waals surface area contributed by atoms with Gasteiger partial charge in [0.1, 0.15) is 18.3 Å². The van der Waals surface area contributed by atoms with E-state index in [2.05, 4.69) is 12.2 Å². The highest BCUT2D eigenvalue weighted by atomic mass is 16.6. The van der Waals surface area contributed by atoms with E-state index in [0.29, 0.717) is 13.0 Å². The summed E-state index contributed by atoms with van der Waals surface area (Å²) in [6.45, 7) is 3.63. The van der Waals surface area contributed by atoms with Crippen LogP contribution in [0.3, 0.4) is 0 Å². The Kier molecular flexibility index (Phi) is 6.32. The Labute approximate surface area is 101 Å². The zero-order valence-electron chi connectivity index (χ0n) is 10.1. The Morgan fingerprint density at radius 1 is 1.00 bits per heavy atom. The van der Waals surface area contributed by atoms with Crippen molar-refractivity contribution in [2.45, 2.75) is 56.9 Å². The topological polar surface area (TPSA) is 102 Å². The van der Waals surface area contributed by atoms with Crippen LogP contribution in [0.2, 0.25) is 0 Å². The lowest BCUT2D eigenvalue weighted by molar-refractivity contribution is -0.282. The summed E-state index contributed by atoms with van der Waals surface area (Å²) in [4.78, 5) is 0. The number of hydrogen-bond donors (Lipinski definition) is 5. The first kappa shape index (κ1) is 14.8. The maximum Gasteiger partial charge on any atom is 0.183 e. The molecule has 5 atom stereocenters. The second kappa shape index (κ2) is 7.25. The summed E-state index contributed by atoms with van der Waals surface area (Å²) in [6, 6.07) is 0. The molecule has 0 radical (unpaired) electrons. The van der Waals surface area contributed by atoms with E-state index in [1.165, 1.54) is 0 Å². The summed E-state index contributed by atoms with van der Waals surface area (Å²) in [6.07, 6.45) is -3.40. The summed E-state index contributed by atoms with van der Waals surface area (Å²) < 4.78 is 5.04. The lowest BCUT2D eigenvalue weighted by Crippen LogP contribution is -2.57. The molecule has 0 aromatic heterocycles. The molecule has 17 heavy (non-hydrogen) atoms. The molecule has 0 aromatic rings. The second-order valence-corrected chi connectivity index (χ2v) is 4.43. The third-order valence-electron chi connectivity index (χ3n) is 3.00. The van der Waals surface area contributed by atoms with Gasteiger partial charge in [-0.1, -0.05) is 13.3 Å². The molecule has 1 fully saturated rings. The average molecular weight is 249 g/mol. The van der Waals surface area contributed by atoms with Gasteiger partial charge in [0.25, 0.3) is 0 Å². The monoisotopic (exact) mass is 249 g/mol. The Morgan fingerprint density at radius 2 is 1.71 bits per heavy atom. The fourth-order valence-electron chi connectivity index (χ4n) is 1.84. The van der Waals surface area contributed by atoms with Crippen LogP contribution in [-0.2, 0) is 4.74 Å². The van der Waals surface area contributed by atoms with Crippen molar-refractivity contribution in [2.75, 3.05) is 13.1 Å². The third-order valence-corrected chi connectivity index (χ3v) is 3.00. The van der Waals surface area contributed by atoms with E-state index in [1.54, 1.807) is 0 Å². The first-order chi connectivity index (χ1) is 8.07. The van der Waals surface area contributed by atoms with Crippen LogP contribution < -0.4 is 5.32 Å². The van der Waals surface area contributed by atoms with Gasteiger partial charge in [-0.2, -0.15) is 0 Å². The summed E-state index contributed by atoms with van der Waals surface area (Å²) in [5.74, 6) is 0. The molecule has 6 heteroatoms. The summed E-state index contributed by atoms with van der Waals surface area (Å²) in [5, 5.41) is 40.9. The van der Waals surface area contributed by atoms with Gasteiger partial charge in [0.05, 0.1) is 6.10 Å². The number of ether oxygens (including phenoxy) is 1. The lowest BCUT2D eigenvalue weighted by Gasteiger charge is -2.38. The third kappa shape index (κ3) is 4.17. The normalized spacial score (nSPS) is 38.3. The highest BCUT2D eigenvalue weighted by molar-refractivity contribution is 4.88. The maximum atomic E-state index is 9.65. The number of aliphatic hydroxyl groups excluding tert-OH is 4. The molecule has 0 amide bonds. The van der Waals surface area contributed by atoms with E-state index in [4.69, 9.17) is 4.74 Å². The minimum absolute atomic E-state index is 0.478. The molecule has 5 N–H and O–H groups in total. The van der Waals surface area contributed by atoms with Crippen LogP contribution in [0, 0.1) is 0 Å². The zero-order chi connectivity index (χ0) is 12.8. The second-order valence-electron chi connectivity index (χ2n) is 4.43. The van der Waals surface area contributed by atoms with Gasteiger partial charge in [-0.3, -0.25) is 0 Å². The number of unbranched alkanes of at least 4 members (excludes halogenated alkanes) is 1. The minimum atomic E-state index is -1.45. The van der Waals surface area contributed by atoms with Crippen LogP contribution in [0.15, 0.2) is 0 Å². The molecule has 102 valence electrons. The van der Waals surface area contributed by atoms with Gasteiger partial charge in [-0.25, -0.2) is 0 Å². The molecule has 0 aromatic carbocycles. The van der Waals surface area contributed by atoms with Gasteiger partial charge in [0, 0.05) is 0 Å². The van der Waals surface area contributed by atoms with Gasteiger partial charge in [0.2, 0.25) is 0 Å². The quantitative estimate of drug-likeness (QED) is 0.370. The Balaban J connectivity index is 2.28. The van der Waals surface area contributed by atoms with Crippen LogP contribution in [-0.4, -0.2) is 64.2 Å². The van der Waals surface area contributed by atoms with Crippen molar-refractivity contribution < 1.29 is 25.2 Å². The SMILES string of the molecule is CCCCNCC[C@H]1OC(O)[C@H](O)[C@@H](O)[C@@H]1O. The largest absolute Gasteiger partial charge is 0.388 e. The molecular weight excluding hydrogens is 226 g/mol. The van der Waals surface area contributed by atoms with E-state index in [0.717, 1.165) is 19.4 Å². The van der Waals surface area contributed by atoms with Gasteiger partial charge in [-0.15, -0.1) is 0 Å². The summed E-state index contributed by atoms with van der Waals surface area (Å²) >= 11 is 0. The standard InChI is InChI=1S/C11H23NO5/c1-2-3-5-12-6-4-7-8(13)9(14)10(15)11(16)17-7/h7-16H,2-6H2,1H3/t7-,8-,9+,10-,11?/m1/s1. The molecule has 1 heterocycles. The minimum Gasteiger partial charge on any atom is -0.388 e. The van der Waals surface area contributed by atoms with Crippen molar-refractivity contribution in [3.05, 3.63) is 0 Å². The van der Waals surface area contributed by atoms with E-state index >= 15 is 0 Å². The molecule has 1 rings (SSSR count). The van der Waals surface area contributed by atoms with E-state index < -0.39 is 30.7 Å². The fourth-order valence-corrected chi connectivity index (χ4v) is 1.84. The zero-order valence-corrected chi connectivity index (χ0v) is 10.1. The van der Waals surface area contributed by atoms with Crippen molar-refractivity contribution in [2.24, 2.45) is 0 Å². The van der Waals surface area contributed by atoms with Crippen LogP contribution in [0.1, 0.15) is 26.2 Å². The van der Waals surface area contributed by atoms with Gasteiger partial charge in [0.15, 0.2) is 6.29 Å². The molecule has 0 spiro atoms. The Morgan fingerprint density at radius 3 is 2.35 bits per heavy atom. The lowest BCUT2D eigenvalue weighted by atomic mass is 9.97. The van der Waals surface area contributed by atoms with Gasteiger partial charge < -0.3 is 30.5 Å². The fraction of sp³-hybridized carbons (Fsp3) is 1.00. The number of aliphatic hydroxyl groups is 4. The Bertz CT molecular complexity index is 216. The van der Waals surface area contributed by atoms with E-state index in [1.807, 2.05) is 0 Å². The predicted octanol–water partition coefficient (Wildman–Crippen LogP) is -1.43. The average Bonchev–Trinajstić information content (AvgIpc) is 2.32. The van der Waals surface area contributed by atoms with E-state index in [-0.39, 0.29) is 0 Å². The van der Waals surface area contributed by atoms with Crippen LogP contribution in [0.5, 0.6) is 0 Å². The van der Waals surface area contributed by atoms with Crippen LogP contribution in [0.25, 0.3) is 0 Å². The smallest absolute Gasteiger partial charge is 0.183 e. The van der Waals surface area contributed by atoms with Crippen molar-refractivity contribution in [3.63, 3.8) is 0 Å². The van der Waals surface area contributed by atoms with Crippen LogP contribution in [0.4, 0.5) is 0 Å². The van der Waals surface area contributed by atoms with Crippen molar-refractivity contribution in [1.29, 1.82) is 0 Å². The molecule has 6 nitrogen and oxygen atoms in total. The van der Waals surface area contributed by atoms with Crippen LogP contribution >= 0.6 is 0 Å². The maximum absolute atomic E-state index is 9.65. The Hall–Kier alpha value is -0.240. The molecule has 1 aliphatic rings. The van der Waals surface area contributed by atoms with Gasteiger partial charge in [-0.05, 0) is 25.9 Å². The van der Waals surface area contributed by atoms with Gasteiger partial charge >= 0.3 is 0 Å². The molecule has 0 saturated carbocycles. The van der Waals surface area contributed by atoms with Crippen molar-refractivity contribution >= 4 is 0 Å². The molecule has 1 aliphatic heterocycles. The highest BCUT2D eigenvalue weighted by Crippen LogP contribution is 2.21. The summed E-state index contributed by atoms with van der Waals surface area (Å²) in [7, 11) is 0. The first-order valence-electron chi connectivity index (χ1n) is 6.16. The van der Waals surface area contributed by atoms with Crippen molar-refractivity contribution in [1.82, 2.24) is 5.32 Å². The highest BCUT2D eigenvalue weighted by Gasteiger charge is 2.42. The molecular formula is C11H23NO5. The van der Waals surface area contributed by atoms with Crippen molar-refractivity contribution in [3.8, 4) is 0 Å². The van der Waals surface area contributed by atoms with E-state index in [9.17, 15) is 20.4 Å². The molecule has 1 saturated heterocycles. The predicted molar refractivity (Wildman–Crippen MR) is 61.3 cm³/mol. The summed E-state index contributed by atoms with van der Waals surface area (Å²) in [5.41, 5.74) is 0. The first-order valence-corrected chi connectivity index (χ1v) is 6.16. The molecule has 0 bridgehead atoms.